The van der Waals surface area contributed by atoms with E-state index in [0.29, 0.717) is 23.2 Å². The van der Waals surface area contributed by atoms with Crippen molar-refractivity contribution in [3.05, 3.63) is 29.8 Å². The van der Waals surface area contributed by atoms with Crippen molar-refractivity contribution < 1.29 is 13.9 Å². The van der Waals surface area contributed by atoms with Crippen LogP contribution in [-0.2, 0) is 6.54 Å². The molecule has 90 valence electrons. The van der Waals surface area contributed by atoms with Gasteiger partial charge >= 0.3 is 0 Å². The number of aliphatic hydroxyl groups excluding tert-OH is 1. The lowest BCUT2D eigenvalue weighted by atomic mass is 10.2. The van der Waals surface area contributed by atoms with Gasteiger partial charge in [0, 0.05) is 17.5 Å². The molecule has 16 heavy (non-hydrogen) atoms. The molecule has 5 heteroatoms. The van der Waals surface area contributed by atoms with Gasteiger partial charge in [0.15, 0.2) is 0 Å². The van der Waals surface area contributed by atoms with Crippen LogP contribution in [0.1, 0.15) is 12.5 Å². The first-order valence-electron chi connectivity index (χ1n) is 5.00. The summed E-state index contributed by atoms with van der Waals surface area (Å²) < 4.78 is 24.1. The van der Waals surface area contributed by atoms with Crippen LogP contribution in [0.2, 0.25) is 0 Å². The summed E-state index contributed by atoms with van der Waals surface area (Å²) in [6.07, 6.45) is 0. The SMILES string of the molecule is C[C@H](CO)NCc1ccc(SC(F)F)cc1. The van der Waals surface area contributed by atoms with Crippen LogP contribution in [0.15, 0.2) is 29.2 Å². The molecule has 0 radical (unpaired) electrons. The Bertz CT molecular complexity index is 305. The minimum atomic E-state index is -2.38. The van der Waals surface area contributed by atoms with Crippen LogP contribution in [0.4, 0.5) is 8.78 Å². The maximum absolute atomic E-state index is 12.0. The zero-order valence-corrected chi connectivity index (χ0v) is 9.81. The lowest BCUT2D eigenvalue weighted by Crippen LogP contribution is -2.28. The molecule has 1 aromatic carbocycles. The van der Waals surface area contributed by atoms with E-state index < -0.39 is 5.76 Å². The second-order valence-electron chi connectivity index (χ2n) is 3.49. The average molecular weight is 247 g/mol. The highest BCUT2D eigenvalue weighted by atomic mass is 32.2. The maximum atomic E-state index is 12.0. The fraction of sp³-hybridized carbons (Fsp3) is 0.455. The van der Waals surface area contributed by atoms with Gasteiger partial charge in [-0.3, -0.25) is 0 Å². The number of alkyl halides is 2. The van der Waals surface area contributed by atoms with Crippen LogP contribution < -0.4 is 5.32 Å². The summed E-state index contributed by atoms with van der Waals surface area (Å²) in [6.45, 7) is 2.59. The number of hydrogen-bond acceptors (Lipinski definition) is 3. The molecule has 1 rings (SSSR count). The quantitative estimate of drug-likeness (QED) is 0.757. The van der Waals surface area contributed by atoms with Gasteiger partial charge in [-0.05, 0) is 24.6 Å². The average Bonchev–Trinajstić information content (AvgIpc) is 2.27. The first-order chi connectivity index (χ1) is 7.61. The summed E-state index contributed by atoms with van der Waals surface area (Å²) >= 11 is 0.542. The second-order valence-corrected chi connectivity index (χ2v) is 4.55. The first-order valence-corrected chi connectivity index (χ1v) is 5.87. The molecule has 0 amide bonds. The Labute approximate surface area is 98.1 Å². The maximum Gasteiger partial charge on any atom is 0.288 e. The molecule has 0 aromatic heterocycles. The Morgan fingerprint density at radius 3 is 2.44 bits per heavy atom. The highest BCUT2D eigenvalue weighted by Crippen LogP contribution is 2.24. The molecule has 2 nitrogen and oxygen atoms in total. The molecule has 0 saturated heterocycles. The molecule has 0 bridgehead atoms. The van der Waals surface area contributed by atoms with E-state index in [4.69, 9.17) is 5.11 Å². The Morgan fingerprint density at radius 1 is 1.31 bits per heavy atom. The number of halogens is 2. The summed E-state index contributed by atoms with van der Waals surface area (Å²) in [4.78, 5) is 0.564. The normalized spacial score (nSPS) is 13.1. The number of nitrogens with one attached hydrogen (secondary N) is 1. The summed E-state index contributed by atoms with van der Waals surface area (Å²) in [6, 6.07) is 7.01. The van der Waals surface area contributed by atoms with Crippen LogP contribution in [0, 0.1) is 0 Å². The third-order valence-corrected chi connectivity index (χ3v) is 2.80. The highest BCUT2D eigenvalue weighted by Gasteiger charge is 2.05. The number of hydrogen-bond donors (Lipinski definition) is 2. The molecule has 1 aromatic rings. The fourth-order valence-electron chi connectivity index (χ4n) is 1.15. The van der Waals surface area contributed by atoms with Crippen LogP contribution >= 0.6 is 11.8 Å². The molecule has 0 spiro atoms. The van der Waals surface area contributed by atoms with E-state index in [2.05, 4.69) is 5.32 Å². The van der Waals surface area contributed by atoms with Crippen LogP contribution in [-0.4, -0.2) is 23.5 Å². The Hall–Kier alpha value is -0.650. The van der Waals surface area contributed by atoms with Gasteiger partial charge in [-0.25, -0.2) is 0 Å². The van der Waals surface area contributed by atoms with Gasteiger partial charge in [0.05, 0.1) is 6.61 Å². The third-order valence-electron chi connectivity index (χ3n) is 2.08. The zero-order chi connectivity index (χ0) is 12.0. The Kier molecular flexibility index (Phi) is 5.73. The van der Waals surface area contributed by atoms with Crippen molar-refractivity contribution in [3.8, 4) is 0 Å². The first kappa shape index (κ1) is 13.4. The number of aliphatic hydroxyl groups is 1. The van der Waals surface area contributed by atoms with Crippen molar-refractivity contribution in [1.82, 2.24) is 5.32 Å². The van der Waals surface area contributed by atoms with Crippen LogP contribution in [0.5, 0.6) is 0 Å². The molecule has 1 atom stereocenters. The summed E-state index contributed by atoms with van der Waals surface area (Å²) in [5.74, 6) is -2.38. The lowest BCUT2D eigenvalue weighted by molar-refractivity contribution is 0.251. The lowest BCUT2D eigenvalue weighted by Gasteiger charge is -2.10. The Balaban J connectivity index is 2.45. The van der Waals surface area contributed by atoms with E-state index in [1.807, 2.05) is 19.1 Å². The predicted octanol–water partition coefficient (Wildman–Crippen LogP) is 2.47. The van der Waals surface area contributed by atoms with Crippen molar-refractivity contribution in [1.29, 1.82) is 0 Å². The van der Waals surface area contributed by atoms with Gasteiger partial charge in [0.1, 0.15) is 0 Å². The molecule has 0 aliphatic carbocycles. The van der Waals surface area contributed by atoms with Gasteiger partial charge in [-0.15, -0.1) is 0 Å². The number of benzene rings is 1. The van der Waals surface area contributed by atoms with E-state index in [9.17, 15) is 8.78 Å². The van der Waals surface area contributed by atoms with E-state index in [-0.39, 0.29) is 12.6 Å². The van der Waals surface area contributed by atoms with Gasteiger partial charge in [0.25, 0.3) is 5.76 Å². The molecular weight excluding hydrogens is 232 g/mol. The van der Waals surface area contributed by atoms with E-state index in [1.54, 1.807) is 12.1 Å². The minimum absolute atomic E-state index is 0.0371. The standard InChI is InChI=1S/C11H15F2NOS/c1-8(7-15)14-6-9-2-4-10(5-3-9)16-11(12)13/h2-5,8,11,14-15H,6-7H2,1H3/t8-/m1/s1. The van der Waals surface area contributed by atoms with Crippen molar-refractivity contribution in [2.24, 2.45) is 0 Å². The van der Waals surface area contributed by atoms with Gasteiger partial charge in [-0.1, -0.05) is 23.9 Å². The van der Waals surface area contributed by atoms with E-state index in [1.165, 1.54) is 0 Å². The monoisotopic (exact) mass is 247 g/mol. The zero-order valence-electron chi connectivity index (χ0n) is 8.99. The molecule has 0 saturated carbocycles. The molecule has 0 aliphatic rings. The fourth-order valence-corrected chi connectivity index (χ4v) is 1.64. The van der Waals surface area contributed by atoms with Crippen molar-refractivity contribution >= 4 is 11.8 Å². The van der Waals surface area contributed by atoms with Gasteiger partial charge < -0.3 is 10.4 Å². The van der Waals surface area contributed by atoms with E-state index in [0.717, 1.165) is 5.56 Å². The number of rotatable bonds is 6. The van der Waals surface area contributed by atoms with Crippen LogP contribution in [0.3, 0.4) is 0 Å². The van der Waals surface area contributed by atoms with Crippen molar-refractivity contribution in [3.63, 3.8) is 0 Å². The molecule has 0 heterocycles. The summed E-state index contributed by atoms with van der Waals surface area (Å²) in [5, 5.41) is 11.9. The Morgan fingerprint density at radius 2 is 1.94 bits per heavy atom. The third kappa shape index (κ3) is 4.92. The predicted molar refractivity (Wildman–Crippen MR) is 61.7 cm³/mol. The van der Waals surface area contributed by atoms with E-state index >= 15 is 0 Å². The largest absolute Gasteiger partial charge is 0.395 e. The topological polar surface area (TPSA) is 32.3 Å². The minimum Gasteiger partial charge on any atom is -0.395 e. The van der Waals surface area contributed by atoms with Crippen molar-refractivity contribution in [2.45, 2.75) is 30.2 Å². The van der Waals surface area contributed by atoms with Crippen molar-refractivity contribution in [2.75, 3.05) is 6.61 Å². The van der Waals surface area contributed by atoms with Crippen LogP contribution in [0.25, 0.3) is 0 Å². The second kappa shape index (κ2) is 6.83. The van der Waals surface area contributed by atoms with Gasteiger partial charge in [-0.2, -0.15) is 8.78 Å². The molecule has 0 aliphatic heterocycles. The van der Waals surface area contributed by atoms with Gasteiger partial charge in [0.2, 0.25) is 0 Å². The molecule has 0 fully saturated rings. The summed E-state index contributed by atoms with van der Waals surface area (Å²) in [7, 11) is 0. The molecular formula is C11H15F2NOS. The highest BCUT2D eigenvalue weighted by molar-refractivity contribution is 7.99. The summed E-state index contributed by atoms with van der Waals surface area (Å²) in [5.41, 5.74) is 1.01. The molecule has 0 unspecified atom stereocenters. The smallest absolute Gasteiger partial charge is 0.288 e. The molecule has 2 N–H and O–H groups in total. The number of thioether (sulfide) groups is 1.